The SMILES string of the molecule is COC(=O)CS(=O)(=O)N1C[C@@H](O)C[C@H]1C(=O)O. The van der Waals surface area contributed by atoms with Gasteiger partial charge in [-0.2, -0.15) is 4.31 Å². The van der Waals surface area contributed by atoms with E-state index in [1.54, 1.807) is 0 Å². The van der Waals surface area contributed by atoms with Gasteiger partial charge in [0.25, 0.3) is 0 Å². The Kier molecular flexibility index (Phi) is 4.07. The second kappa shape index (κ2) is 4.98. The number of sulfonamides is 1. The van der Waals surface area contributed by atoms with Crippen molar-refractivity contribution in [3.8, 4) is 0 Å². The maximum absolute atomic E-state index is 11.7. The summed E-state index contributed by atoms with van der Waals surface area (Å²) in [6.45, 7) is -0.323. The highest BCUT2D eigenvalue weighted by atomic mass is 32.2. The van der Waals surface area contributed by atoms with E-state index in [2.05, 4.69) is 4.74 Å². The van der Waals surface area contributed by atoms with Crippen LogP contribution in [-0.2, 0) is 24.3 Å². The summed E-state index contributed by atoms with van der Waals surface area (Å²) in [7, 11) is -3.05. The number of carboxylic acids is 1. The first kappa shape index (κ1) is 13.9. The minimum absolute atomic E-state index is 0.185. The molecule has 1 rings (SSSR count). The van der Waals surface area contributed by atoms with E-state index < -0.39 is 39.9 Å². The highest BCUT2D eigenvalue weighted by molar-refractivity contribution is 7.89. The van der Waals surface area contributed by atoms with E-state index in [4.69, 9.17) is 5.11 Å². The molecule has 1 aliphatic heterocycles. The topological polar surface area (TPSA) is 121 Å². The monoisotopic (exact) mass is 267 g/mol. The molecule has 0 aromatic carbocycles. The molecule has 1 aliphatic rings. The van der Waals surface area contributed by atoms with Crippen LogP contribution in [0.1, 0.15) is 6.42 Å². The van der Waals surface area contributed by atoms with Crippen LogP contribution in [0.4, 0.5) is 0 Å². The number of carbonyl (C=O) groups excluding carboxylic acids is 1. The number of hydrogen-bond donors (Lipinski definition) is 2. The van der Waals surface area contributed by atoms with Crippen LogP contribution in [0, 0.1) is 0 Å². The van der Waals surface area contributed by atoms with E-state index in [0.717, 1.165) is 7.11 Å². The molecule has 98 valence electrons. The first-order chi connectivity index (χ1) is 7.77. The van der Waals surface area contributed by atoms with Crippen LogP contribution in [0.25, 0.3) is 0 Å². The number of carbonyl (C=O) groups is 2. The van der Waals surface area contributed by atoms with Crippen LogP contribution in [0.3, 0.4) is 0 Å². The molecule has 2 atom stereocenters. The van der Waals surface area contributed by atoms with Gasteiger partial charge in [-0.15, -0.1) is 0 Å². The average Bonchev–Trinajstić information content (AvgIpc) is 2.60. The summed E-state index contributed by atoms with van der Waals surface area (Å²) in [6, 6.07) is -1.33. The second-order valence-electron chi connectivity index (χ2n) is 3.65. The van der Waals surface area contributed by atoms with Crippen LogP contribution in [0.15, 0.2) is 0 Å². The van der Waals surface area contributed by atoms with Crippen molar-refractivity contribution < 1.29 is 33.0 Å². The van der Waals surface area contributed by atoms with Crippen molar-refractivity contribution in [3.05, 3.63) is 0 Å². The third-order valence-corrected chi connectivity index (χ3v) is 4.12. The molecule has 0 aromatic heterocycles. The number of aliphatic hydroxyl groups excluding tert-OH is 1. The molecule has 0 unspecified atom stereocenters. The number of ether oxygens (including phenoxy) is 1. The number of β-amino-alcohol motifs (C(OH)–C–C–N with tert-alkyl or cyclic N) is 1. The van der Waals surface area contributed by atoms with Crippen molar-refractivity contribution in [1.29, 1.82) is 0 Å². The van der Waals surface area contributed by atoms with Gasteiger partial charge in [-0.3, -0.25) is 9.59 Å². The Labute approximate surface area is 97.8 Å². The Morgan fingerprint density at radius 3 is 2.53 bits per heavy atom. The predicted molar refractivity (Wildman–Crippen MR) is 54.6 cm³/mol. The van der Waals surface area contributed by atoms with Gasteiger partial charge in [-0.05, 0) is 0 Å². The normalized spacial score (nSPS) is 25.8. The Morgan fingerprint density at radius 2 is 2.06 bits per heavy atom. The maximum atomic E-state index is 11.7. The Bertz CT molecular complexity index is 418. The number of rotatable bonds is 4. The number of carboxylic acid groups (broad SMARTS) is 1. The van der Waals surface area contributed by atoms with Crippen LogP contribution < -0.4 is 0 Å². The van der Waals surface area contributed by atoms with Gasteiger partial charge in [0.05, 0.1) is 13.2 Å². The fourth-order valence-electron chi connectivity index (χ4n) is 1.61. The first-order valence-electron chi connectivity index (χ1n) is 4.75. The van der Waals surface area contributed by atoms with Crippen LogP contribution in [0.2, 0.25) is 0 Å². The lowest BCUT2D eigenvalue weighted by atomic mass is 10.2. The van der Waals surface area contributed by atoms with Gasteiger partial charge in [0.1, 0.15) is 6.04 Å². The molecule has 0 spiro atoms. The summed E-state index contributed by atoms with van der Waals surface area (Å²) >= 11 is 0. The molecule has 1 fully saturated rings. The zero-order valence-corrected chi connectivity index (χ0v) is 9.88. The summed E-state index contributed by atoms with van der Waals surface area (Å²) in [6.07, 6.45) is -1.22. The van der Waals surface area contributed by atoms with Gasteiger partial charge in [0, 0.05) is 13.0 Å². The molecule has 0 aromatic rings. The summed E-state index contributed by atoms with van der Waals surface area (Å²) in [5, 5.41) is 18.1. The van der Waals surface area contributed by atoms with Crippen molar-refractivity contribution in [2.45, 2.75) is 18.6 Å². The molecule has 1 heterocycles. The lowest BCUT2D eigenvalue weighted by Gasteiger charge is -2.19. The van der Waals surface area contributed by atoms with Crippen molar-refractivity contribution in [1.82, 2.24) is 4.31 Å². The van der Waals surface area contributed by atoms with Crippen LogP contribution in [0.5, 0.6) is 0 Å². The van der Waals surface area contributed by atoms with Gasteiger partial charge in [-0.25, -0.2) is 8.42 Å². The highest BCUT2D eigenvalue weighted by Gasteiger charge is 2.43. The van der Waals surface area contributed by atoms with Crippen molar-refractivity contribution in [3.63, 3.8) is 0 Å². The molecule has 0 radical (unpaired) electrons. The number of hydrogen-bond acceptors (Lipinski definition) is 6. The lowest BCUT2D eigenvalue weighted by Crippen LogP contribution is -2.43. The molecule has 1 saturated heterocycles. The third kappa shape index (κ3) is 3.14. The van der Waals surface area contributed by atoms with Crippen LogP contribution in [-0.4, -0.2) is 66.4 Å². The molecule has 8 nitrogen and oxygen atoms in total. The molecule has 17 heavy (non-hydrogen) atoms. The van der Waals surface area contributed by atoms with Crippen molar-refractivity contribution in [2.24, 2.45) is 0 Å². The van der Waals surface area contributed by atoms with Gasteiger partial charge in [0.15, 0.2) is 5.75 Å². The van der Waals surface area contributed by atoms with Gasteiger partial charge < -0.3 is 14.9 Å². The molecule has 0 aliphatic carbocycles. The standard InChI is InChI=1S/C8H13NO7S/c1-16-7(11)4-17(14,15)9-3-5(10)2-6(9)8(12)13/h5-6,10H,2-4H2,1H3,(H,12,13)/t5-,6-/m0/s1. The largest absolute Gasteiger partial charge is 0.480 e. The summed E-state index contributed by atoms with van der Waals surface area (Å²) in [5.41, 5.74) is 0. The lowest BCUT2D eigenvalue weighted by molar-refractivity contribution is -0.141. The number of esters is 1. The van der Waals surface area contributed by atoms with Gasteiger partial charge in [0.2, 0.25) is 10.0 Å². The third-order valence-electron chi connectivity index (χ3n) is 2.40. The minimum atomic E-state index is -4.08. The molecule has 0 amide bonds. The maximum Gasteiger partial charge on any atom is 0.322 e. The van der Waals surface area contributed by atoms with E-state index >= 15 is 0 Å². The number of nitrogens with zero attached hydrogens (tertiary/aromatic N) is 1. The van der Waals surface area contributed by atoms with Crippen molar-refractivity contribution in [2.75, 3.05) is 19.4 Å². The number of aliphatic hydroxyl groups is 1. The number of aliphatic carboxylic acids is 1. The number of methoxy groups -OCH3 is 1. The second-order valence-corrected chi connectivity index (χ2v) is 5.57. The van der Waals surface area contributed by atoms with E-state index in [1.807, 2.05) is 0 Å². The highest BCUT2D eigenvalue weighted by Crippen LogP contribution is 2.22. The van der Waals surface area contributed by atoms with E-state index in [0.29, 0.717) is 4.31 Å². The quantitative estimate of drug-likeness (QED) is 0.565. The first-order valence-corrected chi connectivity index (χ1v) is 6.36. The zero-order valence-electron chi connectivity index (χ0n) is 9.07. The van der Waals surface area contributed by atoms with Gasteiger partial charge in [-0.1, -0.05) is 0 Å². The molecular weight excluding hydrogens is 254 g/mol. The Hall–Kier alpha value is -1.19. The van der Waals surface area contributed by atoms with E-state index in [9.17, 15) is 23.1 Å². The van der Waals surface area contributed by atoms with Crippen molar-refractivity contribution >= 4 is 22.0 Å². The molecule has 0 saturated carbocycles. The van der Waals surface area contributed by atoms with E-state index in [1.165, 1.54) is 0 Å². The van der Waals surface area contributed by atoms with E-state index in [-0.39, 0.29) is 13.0 Å². The Balaban J connectivity index is 2.90. The molecule has 2 N–H and O–H groups in total. The average molecular weight is 267 g/mol. The Morgan fingerprint density at radius 1 is 1.47 bits per heavy atom. The zero-order chi connectivity index (χ0) is 13.2. The fraction of sp³-hybridized carbons (Fsp3) is 0.750. The summed E-state index contributed by atoms with van der Waals surface area (Å²) in [4.78, 5) is 21.7. The molecule has 0 bridgehead atoms. The van der Waals surface area contributed by atoms with Gasteiger partial charge >= 0.3 is 11.9 Å². The van der Waals surface area contributed by atoms with Crippen LogP contribution >= 0.6 is 0 Å². The summed E-state index contributed by atoms with van der Waals surface area (Å²) < 4.78 is 28.3. The molecular formula is C8H13NO7S. The summed E-state index contributed by atoms with van der Waals surface area (Å²) in [5.74, 6) is -3.26. The minimum Gasteiger partial charge on any atom is -0.480 e. The predicted octanol–water partition coefficient (Wildman–Crippen LogP) is -1.99. The smallest absolute Gasteiger partial charge is 0.322 e. The fourth-order valence-corrected chi connectivity index (χ4v) is 3.15. The molecule has 9 heteroatoms.